The number of sulfonamides is 1. The van der Waals surface area contributed by atoms with Gasteiger partial charge in [0.25, 0.3) is 0 Å². The SMILES string of the molecule is COc1ccc(F)cc1S(=O)(=O)N(C)CC(=O)NC1CC(c2cccc(F)c2)NN1. The standard InChI is InChI=1S/C19H22F2N4O4S/c1-25(30(27,28)17-9-14(21)6-7-16(17)29-2)11-19(26)22-18-10-15(23-24-18)12-4-3-5-13(20)8-12/h3-9,15,18,23-24H,10-11H2,1-2H3,(H,22,26). The largest absolute Gasteiger partial charge is 0.495 e. The second-order valence-electron chi connectivity index (χ2n) is 6.81. The quantitative estimate of drug-likeness (QED) is 0.600. The van der Waals surface area contributed by atoms with Gasteiger partial charge in [0.1, 0.15) is 22.3 Å². The Labute approximate surface area is 173 Å². The summed E-state index contributed by atoms with van der Waals surface area (Å²) in [6.45, 7) is -0.481. The molecule has 1 aliphatic rings. The summed E-state index contributed by atoms with van der Waals surface area (Å²) in [5, 5.41) is 2.67. The van der Waals surface area contributed by atoms with E-state index in [2.05, 4.69) is 16.2 Å². The minimum atomic E-state index is -4.16. The highest BCUT2D eigenvalue weighted by Gasteiger charge is 2.30. The molecule has 162 valence electrons. The van der Waals surface area contributed by atoms with E-state index in [1.165, 1.54) is 32.4 Å². The van der Waals surface area contributed by atoms with Gasteiger partial charge in [0.15, 0.2) is 0 Å². The van der Waals surface area contributed by atoms with Gasteiger partial charge in [0, 0.05) is 19.5 Å². The Balaban J connectivity index is 1.62. The van der Waals surface area contributed by atoms with Crippen molar-refractivity contribution in [3.63, 3.8) is 0 Å². The average Bonchev–Trinajstić information content (AvgIpc) is 3.16. The van der Waals surface area contributed by atoms with Crippen molar-refractivity contribution in [3.05, 3.63) is 59.7 Å². The molecule has 30 heavy (non-hydrogen) atoms. The van der Waals surface area contributed by atoms with E-state index < -0.39 is 34.5 Å². The fourth-order valence-corrected chi connectivity index (χ4v) is 4.43. The summed E-state index contributed by atoms with van der Waals surface area (Å²) < 4.78 is 58.2. The zero-order valence-corrected chi connectivity index (χ0v) is 17.2. The zero-order valence-electron chi connectivity index (χ0n) is 16.4. The lowest BCUT2D eigenvalue weighted by Gasteiger charge is -2.20. The molecule has 1 saturated heterocycles. The predicted octanol–water partition coefficient (Wildman–Crippen LogP) is 1.28. The van der Waals surface area contributed by atoms with Gasteiger partial charge < -0.3 is 10.1 Å². The molecule has 11 heteroatoms. The van der Waals surface area contributed by atoms with Crippen LogP contribution in [0.2, 0.25) is 0 Å². The maximum atomic E-state index is 13.6. The molecule has 3 N–H and O–H groups in total. The molecule has 2 unspecified atom stereocenters. The van der Waals surface area contributed by atoms with Crippen LogP contribution in [0.1, 0.15) is 18.0 Å². The first-order chi connectivity index (χ1) is 14.2. The van der Waals surface area contributed by atoms with Crippen molar-refractivity contribution in [2.45, 2.75) is 23.5 Å². The van der Waals surface area contributed by atoms with Crippen molar-refractivity contribution in [1.82, 2.24) is 20.5 Å². The van der Waals surface area contributed by atoms with Crippen LogP contribution < -0.4 is 20.9 Å². The summed E-state index contributed by atoms with van der Waals surface area (Å²) in [5.41, 5.74) is 6.57. The highest BCUT2D eigenvalue weighted by atomic mass is 32.2. The van der Waals surface area contributed by atoms with Crippen LogP contribution in [0, 0.1) is 11.6 Å². The number of benzene rings is 2. The van der Waals surface area contributed by atoms with Gasteiger partial charge in [-0.3, -0.25) is 4.79 Å². The molecule has 1 fully saturated rings. The van der Waals surface area contributed by atoms with Crippen LogP contribution in [-0.4, -0.2) is 45.5 Å². The zero-order chi connectivity index (χ0) is 21.9. The Kier molecular flexibility index (Phi) is 6.66. The number of methoxy groups -OCH3 is 1. The fourth-order valence-electron chi connectivity index (χ4n) is 3.14. The van der Waals surface area contributed by atoms with Crippen LogP contribution in [0.25, 0.3) is 0 Å². The number of nitrogens with zero attached hydrogens (tertiary/aromatic N) is 1. The molecule has 1 heterocycles. The van der Waals surface area contributed by atoms with Gasteiger partial charge in [-0.05, 0) is 35.9 Å². The number of likely N-dealkylation sites (N-methyl/N-ethyl adjacent to an activating group) is 1. The number of rotatable bonds is 7. The molecular weight excluding hydrogens is 418 g/mol. The number of carbonyl (C=O) groups is 1. The summed E-state index contributed by atoms with van der Waals surface area (Å²) in [5.74, 6) is -1.68. The maximum absolute atomic E-state index is 13.6. The molecule has 1 aliphatic heterocycles. The second kappa shape index (κ2) is 9.04. The van der Waals surface area contributed by atoms with Crippen LogP contribution in [0.3, 0.4) is 0 Å². The first-order valence-electron chi connectivity index (χ1n) is 9.06. The molecule has 0 aliphatic carbocycles. The third kappa shape index (κ3) is 4.93. The molecule has 2 aromatic carbocycles. The highest BCUT2D eigenvalue weighted by Crippen LogP contribution is 2.27. The third-order valence-electron chi connectivity index (χ3n) is 4.67. The van der Waals surface area contributed by atoms with Crippen LogP contribution >= 0.6 is 0 Å². The molecule has 0 saturated carbocycles. The summed E-state index contributed by atoms with van der Waals surface area (Å²) in [7, 11) is -1.67. The van der Waals surface area contributed by atoms with E-state index in [1.807, 2.05) is 0 Å². The number of amides is 1. The molecule has 0 aromatic heterocycles. The first kappa shape index (κ1) is 22.1. The molecule has 3 rings (SSSR count). The Bertz CT molecular complexity index is 1030. The number of carbonyl (C=O) groups excluding carboxylic acids is 1. The maximum Gasteiger partial charge on any atom is 0.247 e. The Morgan fingerprint density at radius 2 is 1.93 bits per heavy atom. The van der Waals surface area contributed by atoms with Gasteiger partial charge in [-0.1, -0.05) is 12.1 Å². The van der Waals surface area contributed by atoms with Crippen molar-refractivity contribution < 1.29 is 26.7 Å². The average molecular weight is 440 g/mol. The Hall–Kier alpha value is -2.60. The minimum Gasteiger partial charge on any atom is -0.495 e. The van der Waals surface area contributed by atoms with E-state index in [1.54, 1.807) is 12.1 Å². The van der Waals surface area contributed by atoms with Crippen LogP contribution in [0.15, 0.2) is 47.4 Å². The van der Waals surface area contributed by atoms with Gasteiger partial charge in [-0.25, -0.2) is 28.1 Å². The number of hydrogen-bond acceptors (Lipinski definition) is 6. The Morgan fingerprint density at radius 3 is 2.63 bits per heavy atom. The van der Waals surface area contributed by atoms with Crippen molar-refractivity contribution in [1.29, 1.82) is 0 Å². The minimum absolute atomic E-state index is 0.0248. The van der Waals surface area contributed by atoms with E-state index in [9.17, 15) is 22.0 Å². The van der Waals surface area contributed by atoms with Crippen molar-refractivity contribution >= 4 is 15.9 Å². The fraction of sp³-hybridized carbons (Fsp3) is 0.316. The summed E-state index contributed by atoms with van der Waals surface area (Å²) in [6.07, 6.45) is -0.0470. The van der Waals surface area contributed by atoms with E-state index in [4.69, 9.17) is 4.74 Å². The number of halogens is 2. The molecule has 1 amide bonds. The first-order valence-corrected chi connectivity index (χ1v) is 10.5. The van der Waals surface area contributed by atoms with Crippen molar-refractivity contribution in [2.75, 3.05) is 20.7 Å². The van der Waals surface area contributed by atoms with E-state index in [0.29, 0.717) is 6.42 Å². The van der Waals surface area contributed by atoms with Crippen LogP contribution in [-0.2, 0) is 14.8 Å². The van der Waals surface area contributed by atoms with E-state index >= 15 is 0 Å². The van der Waals surface area contributed by atoms with Gasteiger partial charge in [-0.15, -0.1) is 0 Å². The number of hydrazine groups is 1. The van der Waals surface area contributed by atoms with Gasteiger partial charge >= 0.3 is 0 Å². The highest BCUT2D eigenvalue weighted by molar-refractivity contribution is 7.89. The normalized spacial score (nSPS) is 19.1. The summed E-state index contributed by atoms with van der Waals surface area (Å²) in [4.78, 5) is 12.0. The lowest BCUT2D eigenvalue weighted by molar-refractivity contribution is -0.122. The monoisotopic (exact) mass is 440 g/mol. The molecule has 0 bridgehead atoms. The molecule has 2 aromatic rings. The predicted molar refractivity (Wildman–Crippen MR) is 105 cm³/mol. The van der Waals surface area contributed by atoms with Crippen LogP contribution in [0.4, 0.5) is 8.78 Å². The number of ether oxygens (including phenoxy) is 1. The Morgan fingerprint density at radius 1 is 1.20 bits per heavy atom. The summed E-state index contributed by atoms with van der Waals surface area (Å²) >= 11 is 0. The second-order valence-corrected chi connectivity index (χ2v) is 8.82. The molecule has 0 radical (unpaired) electrons. The van der Waals surface area contributed by atoms with Crippen molar-refractivity contribution in [3.8, 4) is 5.75 Å². The molecule has 2 atom stereocenters. The van der Waals surface area contributed by atoms with E-state index in [0.717, 1.165) is 22.0 Å². The number of nitrogens with one attached hydrogen (secondary N) is 3. The topological polar surface area (TPSA) is 99.8 Å². The molecular formula is C19H22F2N4O4S. The molecule has 0 spiro atoms. The van der Waals surface area contributed by atoms with Crippen LogP contribution in [0.5, 0.6) is 5.75 Å². The van der Waals surface area contributed by atoms with Gasteiger partial charge in [0.05, 0.1) is 19.8 Å². The smallest absolute Gasteiger partial charge is 0.247 e. The lowest BCUT2D eigenvalue weighted by atomic mass is 10.0. The van der Waals surface area contributed by atoms with E-state index in [-0.39, 0.29) is 22.5 Å². The van der Waals surface area contributed by atoms with Gasteiger partial charge in [0.2, 0.25) is 15.9 Å². The molecule has 8 nitrogen and oxygen atoms in total. The van der Waals surface area contributed by atoms with Gasteiger partial charge in [-0.2, -0.15) is 4.31 Å². The lowest BCUT2D eigenvalue weighted by Crippen LogP contribution is -2.48. The third-order valence-corrected chi connectivity index (χ3v) is 6.49. The number of hydrogen-bond donors (Lipinski definition) is 3. The van der Waals surface area contributed by atoms with Crippen molar-refractivity contribution in [2.24, 2.45) is 0 Å². The summed E-state index contributed by atoms with van der Waals surface area (Å²) in [6, 6.07) is 9.01.